The van der Waals surface area contributed by atoms with Crippen LogP contribution in [0.2, 0.25) is 0 Å². The minimum atomic E-state index is -0.220. The quantitative estimate of drug-likeness (QED) is 0.634. The number of amides is 1. The second-order valence-corrected chi connectivity index (χ2v) is 6.09. The smallest absolute Gasteiger partial charge is 0.308 e. The van der Waals surface area contributed by atoms with E-state index in [4.69, 9.17) is 9.39 Å². The van der Waals surface area contributed by atoms with Crippen molar-refractivity contribution in [3.8, 4) is 0 Å². The monoisotopic (exact) mass is 309 g/mol. The lowest BCUT2D eigenvalue weighted by molar-refractivity contribution is -0.145. The van der Waals surface area contributed by atoms with Crippen molar-refractivity contribution in [1.29, 1.82) is 0 Å². The van der Waals surface area contributed by atoms with Crippen molar-refractivity contribution in [3.05, 3.63) is 22.4 Å². The second kappa shape index (κ2) is 8.19. The minimum absolute atomic E-state index is 0.0230. The number of rotatable bonds is 6. The van der Waals surface area contributed by atoms with Gasteiger partial charge in [0, 0.05) is 10.8 Å². The lowest BCUT2D eigenvalue weighted by atomic mass is 9.79. The molecule has 0 radical (unpaired) electrons. The summed E-state index contributed by atoms with van der Waals surface area (Å²) in [6.45, 7) is 2.19. The summed E-state index contributed by atoms with van der Waals surface area (Å²) in [5, 5.41) is 4.95. The molecule has 0 aromatic carbocycles. The molecular weight excluding hydrogens is 289 g/mol. The first-order valence-electron chi connectivity index (χ1n) is 7.26. The van der Waals surface area contributed by atoms with Gasteiger partial charge in [-0.25, -0.2) is 0 Å². The Balaban J connectivity index is 1.66. The molecule has 2 rings (SSSR count). The van der Waals surface area contributed by atoms with Gasteiger partial charge in [0.1, 0.15) is 0 Å². The molecule has 114 valence electrons. The number of thiophene rings is 1. The molecule has 1 saturated heterocycles. The van der Waals surface area contributed by atoms with Crippen molar-refractivity contribution in [1.82, 2.24) is 5.32 Å². The summed E-state index contributed by atoms with van der Waals surface area (Å²) in [5.74, 6) is -0.159. The van der Waals surface area contributed by atoms with Crippen molar-refractivity contribution in [3.63, 3.8) is 0 Å². The fraction of sp³-hybridized carbons (Fsp3) is 0.571. The first-order chi connectivity index (χ1) is 10.2. The molecule has 0 aliphatic carbocycles. The fourth-order valence-electron chi connectivity index (χ4n) is 2.34. The van der Waals surface area contributed by atoms with Crippen molar-refractivity contribution < 1.29 is 19.0 Å². The molecule has 2 atom stereocenters. The fourth-order valence-corrected chi connectivity index (χ4v) is 3.04. The Morgan fingerprint density at radius 3 is 3.00 bits per heavy atom. The van der Waals surface area contributed by atoms with Crippen LogP contribution in [0.1, 0.15) is 31.1 Å². The molecule has 1 aliphatic rings. The highest BCUT2D eigenvalue weighted by molar-refractivity contribution is 7.10. The van der Waals surface area contributed by atoms with Gasteiger partial charge in [0.2, 0.25) is 5.91 Å². The van der Waals surface area contributed by atoms with Crippen LogP contribution in [-0.2, 0) is 25.4 Å². The Bertz CT molecular complexity index is 458. The van der Waals surface area contributed by atoms with Crippen LogP contribution in [0.3, 0.4) is 0 Å². The SMILES string of the molecule is CCOC(=O)C[C@@H]1CC[C@H](NC(=O)Cc2cccs2)BO1. The number of hydrogen-bond acceptors (Lipinski definition) is 5. The minimum Gasteiger partial charge on any atom is -0.466 e. The summed E-state index contributed by atoms with van der Waals surface area (Å²) >= 11 is 1.58. The lowest BCUT2D eigenvalue weighted by Crippen LogP contribution is -2.45. The van der Waals surface area contributed by atoms with Crippen molar-refractivity contribution in [2.75, 3.05) is 6.61 Å². The Morgan fingerprint density at radius 1 is 1.52 bits per heavy atom. The van der Waals surface area contributed by atoms with Crippen molar-refractivity contribution >= 4 is 30.7 Å². The van der Waals surface area contributed by atoms with Gasteiger partial charge in [0.25, 0.3) is 7.48 Å². The number of ether oxygens (including phenoxy) is 1. The Labute approximate surface area is 129 Å². The molecule has 1 aromatic rings. The topological polar surface area (TPSA) is 64.6 Å². The van der Waals surface area contributed by atoms with E-state index in [0.717, 1.165) is 17.7 Å². The highest BCUT2D eigenvalue weighted by Crippen LogP contribution is 2.16. The first kappa shape index (κ1) is 16.0. The van der Waals surface area contributed by atoms with Gasteiger partial charge in [-0.05, 0) is 31.2 Å². The van der Waals surface area contributed by atoms with E-state index in [1.54, 1.807) is 18.3 Å². The van der Waals surface area contributed by atoms with Crippen LogP contribution in [0.15, 0.2) is 17.5 Å². The lowest BCUT2D eigenvalue weighted by Gasteiger charge is -2.28. The van der Waals surface area contributed by atoms with E-state index in [-0.39, 0.29) is 23.9 Å². The highest BCUT2D eigenvalue weighted by atomic mass is 32.1. The molecule has 2 heterocycles. The molecule has 0 saturated carbocycles. The third-order valence-electron chi connectivity index (χ3n) is 3.35. The summed E-state index contributed by atoms with van der Waals surface area (Å²) in [4.78, 5) is 24.3. The number of carbonyl (C=O) groups excluding carboxylic acids is 2. The van der Waals surface area contributed by atoms with Crippen LogP contribution in [0.25, 0.3) is 0 Å². The maximum Gasteiger partial charge on any atom is 0.308 e. The van der Waals surface area contributed by atoms with Crippen molar-refractivity contribution in [2.45, 2.75) is 44.7 Å². The van der Waals surface area contributed by atoms with Gasteiger partial charge in [-0.1, -0.05) is 6.07 Å². The standard InChI is InChI=1S/C14H20BNO4S/c1-2-19-14(18)8-10-5-6-12(15-20-10)16-13(17)9-11-4-3-7-21-11/h3-4,7,10,12,15H,2,5-6,8-9H2,1H3,(H,16,17)/t10-,12-/m0/s1. The molecule has 21 heavy (non-hydrogen) atoms. The molecule has 0 unspecified atom stereocenters. The zero-order chi connectivity index (χ0) is 15.1. The zero-order valence-corrected chi connectivity index (χ0v) is 13.0. The molecular formula is C14H20BNO4S. The summed E-state index contributed by atoms with van der Waals surface area (Å²) in [6.07, 6.45) is 2.22. The third-order valence-corrected chi connectivity index (χ3v) is 4.23. The van der Waals surface area contributed by atoms with Gasteiger partial charge in [-0.2, -0.15) is 0 Å². The Hall–Kier alpha value is -1.34. The molecule has 7 heteroatoms. The van der Waals surface area contributed by atoms with E-state index in [0.29, 0.717) is 26.9 Å². The van der Waals surface area contributed by atoms with Gasteiger partial charge in [-0.15, -0.1) is 11.3 Å². The van der Waals surface area contributed by atoms with E-state index in [1.807, 2.05) is 17.5 Å². The average molecular weight is 309 g/mol. The molecule has 1 amide bonds. The summed E-state index contributed by atoms with van der Waals surface area (Å²) in [7, 11) is 0.459. The molecule has 1 aliphatic heterocycles. The number of nitrogens with one attached hydrogen (secondary N) is 1. The van der Waals surface area contributed by atoms with Gasteiger partial charge < -0.3 is 14.7 Å². The van der Waals surface area contributed by atoms with E-state index in [2.05, 4.69) is 5.32 Å². The molecule has 1 fully saturated rings. The van der Waals surface area contributed by atoms with E-state index >= 15 is 0 Å². The summed E-state index contributed by atoms with van der Waals surface area (Å²) in [6, 6.07) is 3.90. The third kappa shape index (κ3) is 5.51. The van der Waals surface area contributed by atoms with Crippen LogP contribution in [0.4, 0.5) is 0 Å². The number of hydrogen-bond donors (Lipinski definition) is 1. The van der Waals surface area contributed by atoms with E-state index in [1.165, 1.54) is 0 Å². The van der Waals surface area contributed by atoms with Gasteiger partial charge in [0.15, 0.2) is 0 Å². The van der Waals surface area contributed by atoms with Crippen molar-refractivity contribution in [2.24, 2.45) is 0 Å². The Kier molecular flexibility index (Phi) is 6.26. The van der Waals surface area contributed by atoms with Crippen LogP contribution < -0.4 is 5.32 Å². The zero-order valence-electron chi connectivity index (χ0n) is 12.2. The summed E-state index contributed by atoms with van der Waals surface area (Å²) < 4.78 is 10.5. The van der Waals surface area contributed by atoms with Crippen LogP contribution in [-0.4, -0.2) is 38.0 Å². The van der Waals surface area contributed by atoms with E-state index in [9.17, 15) is 9.59 Å². The molecule has 0 spiro atoms. The van der Waals surface area contributed by atoms with Gasteiger partial charge in [-0.3, -0.25) is 9.59 Å². The normalized spacial score (nSPS) is 21.4. The number of carbonyl (C=O) groups is 2. The molecule has 0 bridgehead atoms. The van der Waals surface area contributed by atoms with Crippen LogP contribution in [0.5, 0.6) is 0 Å². The maximum absolute atomic E-state index is 11.9. The first-order valence-corrected chi connectivity index (χ1v) is 8.14. The number of esters is 1. The highest BCUT2D eigenvalue weighted by Gasteiger charge is 2.26. The average Bonchev–Trinajstić information content (AvgIpc) is 2.94. The second-order valence-electron chi connectivity index (χ2n) is 5.06. The summed E-state index contributed by atoms with van der Waals surface area (Å²) in [5.41, 5.74) is 0. The largest absolute Gasteiger partial charge is 0.466 e. The molecule has 5 nitrogen and oxygen atoms in total. The molecule has 1 aromatic heterocycles. The maximum atomic E-state index is 11.9. The van der Waals surface area contributed by atoms with Gasteiger partial charge in [0.05, 0.1) is 25.6 Å². The molecule has 1 N–H and O–H groups in total. The predicted octanol–water partition coefficient (Wildman–Crippen LogP) is 1.22. The van der Waals surface area contributed by atoms with Crippen LogP contribution in [0, 0.1) is 0 Å². The van der Waals surface area contributed by atoms with E-state index < -0.39 is 0 Å². The predicted molar refractivity (Wildman–Crippen MR) is 82.5 cm³/mol. The van der Waals surface area contributed by atoms with Crippen LogP contribution >= 0.6 is 11.3 Å². The Morgan fingerprint density at radius 2 is 2.38 bits per heavy atom. The van der Waals surface area contributed by atoms with Gasteiger partial charge >= 0.3 is 5.97 Å².